The summed E-state index contributed by atoms with van der Waals surface area (Å²) in [4.78, 5) is 0. The van der Waals surface area contributed by atoms with Crippen molar-refractivity contribution in [3.05, 3.63) is 45.5 Å². The van der Waals surface area contributed by atoms with E-state index in [4.69, 9.17) is 4.74 Å². The van der Waals surface area contributed by atoms with Gasteiger partial charge in [0.2, 0.25) is 0 Å². The molecule has 2 heterocycles. The Hall–Kier alpha value is -1.33. The third kappa shape index (κ3) is 1.31. The SMILES string of the molecule is Brc1ccc2c(c1)Oc1ccc(Br)c3cnn-2c13. The number of aromatic nitrogens is 2. The molecule has 0 N–H and O–H groups in total. The number of nitrogens with zero attached hydrogens (tertiary/aromatic N) is 2. The number of rotatable bonds is 0. The largest absolute Gasteiger partial charge is 0.453 e. The quantitative estimate of drug-likeness (QED) is 0.453. The Balaban J connectivity index is 2.15. The van der Waals surface area contributed by atoms with Crippen LogP contribution in [-0.2, 0) is 0 Å². The molecule has 4 rings (SSSR count). The number of hydrogen-bond acceptors (Lipinski definition) is 2. The molecule has 0 amide bonds. The van der Waals surface area contributed by atoms with E-state index in [1.165, 1.54) is 0 Å². The van der Waals surface area contributed by atoms with Gasteiger partial charge < -0.3 is 4.74 Å². The molecule has 3 aromatic rings. The summed E-state index contributed by atoms with van der Waals surface area (Å²) in [5, 5.41) is 5.51. The van der Waals surface area contributed by atoms with Gasteiger partial charge in [-0.2, -0.15) is 5.10 Å². The van der Waals surface area contributed by atoms with Gasteiger partial charge in [-0.3, -0.25) is 0 Å². The van der Waals surface area contributed by atoms with Crippen LogP contribution in [0.4, 0.5) is 0 Å². The van der Waals surface area contributed by atoms with Crippen LogP contribution in [0.2, 0.25) is 0 Å². The highest BCUT2D eigenvalue weighted by Crippen LogP contribution is 2.42. The molecule has 0 unspecified atom stereocenters. The van der Waals surface area contributed by atoms with E-state index in [9.17, 15) is 0 Å². The summed E-state index contributed by atoms with van der Waals surface area (Å²) >= 11 is 6.99. The summed E-state index contributed by atoms with van der Waals surface area (Å²) in [5.41, 5.74) is 1.96. The Kier molecular flexibility index (Phi) is 2.11. The monoisotopic (exact) mass is 364 g/mol. The Morgan fingerprint density at radius 3 is 2.83 bits per heavy atom. The van der Waals surface area contributed by atoms with E-state index < -0.39 is 0 Å². The van der Waals surface area contributed by atoms with Gasteiger partial charge in [-0.15, -0.1) is 0 Å². The van der Waals surface area contributed by atoms with Gasteiger partial charge in [0.1, 0.15) is 11.2 Å². The highest BCUT2D eigenvalue weighted by molar-refractivity contribution is 9.11. The van der Waals surface area contributed by atoms with Crippen LogP contribution < -0.4 is 4.74 Å². The molecule has 0 spiro atoms. The lowest BCUT2D eigenvalue weighted by Crippen LogP contribution is -2.05. The Morgan fingerprint density at radius 2 is 1.94 bits per heavy atom. The predicted octanol–water partition coefficient (Wildman–Crippen LogP) is 4.66. The Morgan fingerprint density at radius 1 is 1.06 bits per heavy atom. The van der Waals surface area contributed by atoms with E-state index in [0.29, 0.717) is 0 Å². The predicted molar refractivity (Wildman–Crippen MR) is 76.5 cm³/mol. The third-order valence-electron chi connectivity index (χ3n) is 3.01. The van der Waals surface area contributed by atoms with Gasteiger partial charge in [0, 0.05) is 14.3 Å². The van der Waals surface area contributed by atoms with Crippen molar-refractivity contribution in [2.24, 2.45) is 0 Å². The molecule has 18 heavy (non-hydrogen) atoms. The molecule has 0 saturated heterocycles. The van der Waals surface area contributed by atoms with Crippen molar-refractivity contribution in [2.75, 3.05) is 0 Å². The first kappa shape index (κ1) is 10.6. The molecule has 5 heteroatoms. The van der Waals surface area contributed by atoms with E-state index in [1.54, 1.807) is 0 Å². The van der Waals surface area contributed by atoms with Gasteiger partial charge in [0.05, 0.1) is 6.20 Å². The topological polar surface area (TPSA) is 27.1 Å². The second-order valence-corrected chi connectivity index (χ2v) is 5.85. The lowest BCUT2D eigenvalue weighted by Gasteiger charge is -2.19. The Labute approximate surface area is 120 Å². The smallest absolute Gasteiger partial charge is 0.154 e. The van der Waals surface area contributed by atoms with Crippen molar-refractivity contribution in [3.63, 3.8) is 0 Å². The number of halogens is 2. The molecular weight excluding hydrogens is 360 g/mol. The summed E-state index contributed by atoms with van der Waals surface area (Å²) in [6, 6.07) is 9.86. The molecule has 1 aliphatic heterocycles. The second kappa shape index (κ2) is 3.59. The minimum absolute atomic E-state index is 0.809. The fraction of sp³-hybridized carbons (Fsp3) is 0. The van der Waals surface area contributed by atoms with Crippen molar-refractivity contribution in [2.45, 2.75) is 0 Å². The molecule has 2 aromatic carbocycles. The lowest BCUT2D eigenvalue weighted by molar-refractivity contribution is 0.471. The molecule has 0 fully saturated rings. The lowest BCUT2D eigenvalue weighted by atomic mass is 10.2. The van der Waals surface area contributed by atoms with Crippen LogP contribution in [0.5, 0.6) is 11.5 Å². The van der Waals surface area contributed by atoms with Crippen LogP contribution in [0.3, 0.4) is 0 Å². The summed E-state index contributed by atoms with van der Waals surface area (Å²) in [6.45, 7) is 0. The minimum Gasteiger partial charge on any atom is -0.453 e. The van der Waals surface area contributed by atoms with Crippen LogP contribution in [0.15, 0.2) is 45.5 Å². The second-order valence-electron chi connectivity index (χ2n) is 4.08. The highest BCUT2D eigenvalue weighted by atomic mass is 79.9. The number of fused-ring (bicyclic) bond motifs is 2. The molecule has 1 aromatic heterocycles. The van der Waals surface area contributed by atoms with E-state index in [0.717, 1.165) is 37.0 Å². The maximum Gasteiger partial charge on any atom is 0.154 e. The van der Waals surface area contributed by atoms with E-state index >= 15 is 0 Å². The van der Waals surface area contributed by atoms with Crippen molar-refractivity contribution >= 4 is 42.8 Å². The normalized spacial score (nSPS) is 12.3. The first-order valence-electron chi connectivity index (χ1n) is 5.38. The van der Waals surface area contributed by atoms with E-state index in [2.05, 4.69) is 37.0 Å². The zero-order valence-electron chi connectivity index (χ0n) is 9.02. The molecule has 3 nitrogen and oxygen atoms in total. The molecule has 88 valence electrons. The third-order valence-corrected chi connectivity index (χ3v) is 4.20. The minimum atomic E-state index is 0.809. The van der Waals surface area contributed by atoms with Crippen molar-refractivity contribution < 1.29 is 4.74 Å². The van der Waals surface area contributed by atoms with E-state index in [1.807, 2.05) is 41.2 Å². The Bertz CT molecular complexity index is 795. The van der Waals surface area contributed by atoms with Crippen molar-refractivity contribution in [3.8, 4) is 17.2 Å². The van der Waals surface area contributed by atoms with Crippen LogP contribution in [0.1, 0.15) is 0 Å². The standard InChI is InChI=1S/C13H6Br2N2O/c14-7-1-3-10-12(5-7)18-11-4-2-9(15)8-6-16-17(10)13(8)11/h1-6H. The van der Waals surface area contributed by atoms with Gasteiger partial charge in [-0.25, -0.2) is 4.68 Å². The zero-order chi connectivity index (χ0) is 12.3. The molecule has 0 aliphatic carbocycles. The molecular formula is C13H6Br2N2O. The zero-order valence-corrected chi connectivity index (χ0v) is 12.2. The van der Waals surface area contributed by atoms with Crippen LogP contribution in [-0.4, -0.2) is 9.78 Å². The maximum absolute atomic E-state index is 5.93. The van der Waals surface area contributed by atoms with Crippen LogP contribution in [0.25, 0.3) is 16.6 Å². The molecule has 0 atom stereocenters. The van der Waals surface area contributed by atoms with Gasteiger partial charge in [0.15, 0.2) is 11.5 Å². The number of ether oxygens (including phenoxy) is 1. The van der Waals surface area contributed by atoms with Crippen LogP contribution >= 0.6 is 31.9 Å². The summed E-state index contributed by atoms with van der Waals surface area (Å²) < 4.78 is 9.86. The van der Waals surface area contributed by atoms with Crippen molar-refractivity contribution in [1.29, 1.82) is 0 Å². The number of hydrogen-bond donors (Lipinski definition) is 0. The van der Waals surface area contributed by atoms with Crippen LogP contribution in [0, 0.1) is 0 Å². The molecule has 1 aliphatic rings. The highest BCUT2D eigenvalue weighted by Gasteiger charge is 2.21. The first-order valence-corrected chi connectivity index (χ1v) is 6.97. The molecule has 0 bridgehead atoms. The van der Waals surface area contributed by atoms with Gasteiger partial charge in [-0.05, 0) is 30.3 Å². The van der Waals surface area contributed by atoms with Gasteiger partial charge in [0.25, 0.3) is 0 Å². The van der Waals surface area contributed by atoms with Gasteiger partial charge in [-0.1, -0.05) is 31.9 Å². The van der Waals surface area contributed by atoms with E-state index in [-0.39, 0.29) is 0 Å². The fourth-order valence-corrected chi connectivity index (χ4v) is 2.97. The fourth-order valence-electron chi connectivity index (χ4n) is 2.21. The average molecular weight is 366 g/mol. The van der Waals surface area contributed by atoms with Gasteiger partial charge >= 0.3 is 0 Å². The number of benzene rings is 2. The maximum atomic E-state index is 5.93. The molecule has 0 radical (unpaired) electrons. The molecule has 0 saturated carbocycles. The first-order chi connectivity index (χ1) is 8.74. The average Bonchev–Trinajstić information content (AvgIpc) is 2.80. The summed E-state index contributed by atoms with van der Waals surface area (Å²) in [7, 11) is 0. The summed E-state index contributed by atoms with van der Waals surface area (Å²) in [5.74, 6) is 1.64. The summed E-state index contributed by atoms with van der Waals surface area (Å²) in [6.07, 6.45) is 1.85. The van der Waals surface area contributed by atoms with Crippen molar-refractivity contribution in [1.82, 2.24) is 9.78 Å².